The zero-order valence-corrected chi connectivity index (χ0v) is 10.4. The standard InChI is InChI=1S/C11H20N2O4/c1-7-6-8(4-5-17-7)12-10(16)13-11(2,3)9(14)15/h7-8H,4-6H2,1-3H3,(H,14,15)(H2,12,13,16). The summed E-state index contributed by atoms with van der Waals surface area (Å²) in [6.07, 6.45) is 1.63. The van der Waals surface area contributed by atoms with E-state index in [0.29, 0.717) is 6.61 Å². The van der Waals surface area contributed by atoms with E-state index in [4.69, 9.17) is 9.84 Å². The van der Waals surface area contributed by atoms with Crippen LogP contribution in [0, 0.1) is 0 Å². The molecule has 1 rings (SSSR count). The summed E-state index contributed by atoms with van der Waals surface area (Å²) in [4.78, 5) is 22.4. The molecule has 1 aliphatic rings. The van der Waals surface area contributed by atoms with Crippen molar-refractivity contribution in [3.05, 3.63) is 0 Å². The molecule has 6 heteroatoms. The van der Waals surface area contributed by atoms with Crippen molar-refractivity contribution in [3.8, 4) is 0 Å². The number of amides is 2. The number of carboxylic acids is 1. The number of nitrogens with one attached hydrogen (secondary N) is 2. The molecule has 2 unspecified atom stereocenters. The van der Waals surface area contributed by atoms with E-state index in [0.717, 1.165) is 12.8 Å². The summed E-state index contributed by atoms with van der Waals surface area (Å²) in [5.41, 5.74) is -1.26. The molecule has 1 heterocycles. The van der Waals surface area contributed by atoms with Crippen LogP contribution in [-0.2, 0) is 9.53 Å². The van der Waals surface area contributed by atoms with Crippen molar-refractivity contribution in [2.45, 2.75) is 51.3 Å². The average Bonchev–Trinajstić information content (AvgIpc) is 2.15. The molecule has 0 radical (unpaired) electrons. The zero-order chi connectivity index (χ0) is 13.1. The maximum atomic E-state index is 11.6. The Labute approximate surface area is 101 Å². The fourth-order valence-corrected chi connectivity index (χ4v) is 1.69. The Hall–Kier alpha value is -1.30. The smallest absolute Gasteiger partial charge is 0.328 e. The van der Waals surface area contributed by atoms with Crippen molar-refractivity contribution in [3.63, 3.8) is 0 Å². The first-order valence-corrected chi connectivity index (χ1v) is 5.75. The third kappa shape index (κ3) is 4.22. The minimum absolute atomic E-state index is 0.0448. The van der Waals surface area contributed by atoms with Crippen LogP contribution in [0.5, 0.6) is 0 Å². The van der Waals surface area contributed by atoms with Gasteiger partial charge in [0.1, 0.15) is 5.54 Å². The molecule has 6 nitrogen and oxygen atoms in total. The van der Waals surface area contributed by atoms with Gasteiger partial charge in [-0.1, -0.05) is 0 Å². The monoisotopic (exact) mass is 244 g/mol. The SMILES string of the molecule is CC1CC(NC(=O)NC(C)(C)C(=O)O)CCO1. The number of carbonyl (C=O) groups is 2. The summed E-state index contributed by atoms with van der Waals surface area (Å²) >= 11 is 0. The minimum atomic E-state index is -1.26. The van der Waals surface area contributed by atoms with E-state index in [2.05, 4.69) is 10.6 Å². The largest absolute Gasteiger partial charge is 0.480 e. The van der Waals surface area contributed by atoms with Gasteiger partial charge in [-0.25, -0.2) is 9.59 Å². The highest BCUT2D eigenvalue weighted by Crippen LogP contribution is 2.13. The lowest BCUT2D eigenvalue weighted by Crippen LogP contribution is -2.55. The quantitative estimate of drug-likeness (QED) is 0.682. The Morgan fingerprint density at radius 2 is 2.06 bits per heavy atom. The fourth-order valence-electron chi connectivity index (χ4n) is 1.69. The summed E-state index contributed by atoms with van der Waals surface area (Å²) in [5.74, 6) is -1.06. The predicted octanol–water partition coefficient (Wildman–Crippen LogP) is 0.716. The van der Waals surface area contributed by atoms with Crippen molar-refractivity contribution < 1.29 is 19.4 Å². The molecular formula is C11H20N2O4. The van der Waals surface area contributed by atoms with Gasteiger partial charge < -0.3 is 20.5 Å². The topological polar surface area (TPSA) is 87.7 Å². The van der Waals surface area contributed by atoms with E-state index in [-0.39, 0.29) is 12.1 Å². The molecular weight excluding hydrogens is 224 g/mol. The van der Waals surface area contributed by atoms with Crippen LogP contribution in [0.3, 0.4) is 0 Å². The summed E-state index contributed by atoms with van der Waals surface area (Å²) in [5, 5.41) is 14.1. The average molecular weight is 244 g/mol. The number of aliphatic carboxylic acids is 1. The van der Waals surface area contributed by atoms with Crippen molar-refractivity contribution in [1.29, 1.82) is 0 Å². The van der Waals surface area contributed by atoms with Crippen molar-refractivity contribution in [2.75, 3.05) is 6.61 Å². The van der Waals surface area contributed by atoms with Crippen LogP contribution in [-0.4, -0.2) is 41.4 Å². The summed E-state index contributed by atoms with van der Waals surface area (Å²) in [6, 6.07) is -0.403. The Kier molecular flexibility index (Phi) is 4.34. The second kappa shape index (κ2) is 5.35. The van der Waals surface area contributed by atoms with Crippen molar-refractivity contribution >= 4 is 12.0 Å². The van der Waals surface area contributed by atoms with Gasteiger partial charge in [-0.2, -0.15) is 0 Å². The zero-order valence-electron chi connectivity index (χ0n) is 10.4. The van der Waals surface area contributed by atoms with Crippen LogP contribution in [0.15, 0.2) is 0 Å². The summed E-state index contributed by atoms with van der Waals surface area (Å²) < 4.78 is 5.36. The molecule has 1 fully saturated rings. The molecule has 1 aliphatic heterocycles. The number of carboxylic acid groups (broad SMARTS) is 1. The second-order valence-corrected chi connectivity index (χ2v) is 4.93. The number of ether oxygens (including phenoxy) is 1. The van der Waals surface area contributed by atoms with Gasteiger partial charge >= 0.3 is 12.0 Å². The van der Waals surface area contributed by atoms with E-state index in [1.54, 1.807) is 0 Å². The first-order chi connectivity index (χ1) is 7.81. The van der Waals surface area contributed by atoms with Crippen LogP contribution >= 0.6 is 0 Å². The van der Waals surface area contributed by atoms with Gasteiger partial charge in [0.05, 0.1) is 6.10 Å². The lowest BCUT2D eigenvalue weighted by atomic mass is 10.0. The highest BCUT2D eigenvalue weighted by Gasteiger charge is 2.30. The molecule has 98 valence electrons. The Morgan fingerprint density at radius 1 is 1.41 bits per heavy atom. The molecule has 3 N–H and O–H groups in total. The Balaban J connectivity index is 2.41. The number of hydrogen-bond acceptors (Lipinski definition) is 3. The maximum absolute atomic E-state index is 11.6. The lowest BCUT2D eigenvalue weighted by Gasteiger charge is -2.29. The number of carbonyl (C=O) groups excluding carboxylic acids is 1. The number of urea groups is 1. The van der Waals surface area contributed by atoms with Crippen LogP contribution < -0.4 is 10.6 Å². The number of rotatable bonds is 3. The normalized spacial score (nSPS) is 25.1. The third-order valence-corrected chi connectivity index (χ3v) is 2.78. The molecule has 2 amide bonds. The third-order valence-electron chi connectivity index (χ3n) is 2.78. The van der Waals surface area contributed by atoms with Gasteiger partial charge in [0.15, 0.2) is 0 Å². The van der Waals surface area contributed by atoms with Crippen LogP contribution in [0.25, 0.3) is 0 Å². The van der Waals surface area contributed by atoms with E-state index >= 15 is 0 Å². The minimum Gasteiger partial charge on any atom is -0.480 e. The number of hydrogen-bond donors (Lipinski definition) is 3. The highest BCUT2D eigenvalue weighted by atomic mass is 16.5. The molecule has 0 saturated carbocycles. The van der Waals surface area contributed by atoms with E-state index < -0.39 is 17.5 Å². The van der Waals surface area contributed by atoms with Crippen LogP contribution in [0.2, 0.25) is 0 Å². The van der Waals surface area contributed by atoms with Gasteiger partial charge in [0.25, 0.3) is 0 Å². The van der Waals surface area contributed by atoms with Crippen molar-refractivity contribution in [1.82, 2.24) is 10.6 Å². The molecule has 0 spiro atoms. The van der Waals surface area contributed by atoms with E-state index in [1.807, 2.05) is 6.92 Å². The molecule has 0 aliphatic carbocycles. The van der Waals surface area contributed by atoms with E-state index in [1.165, 1.54) is 13.8 Å². The summed E-state index contributed by atoms with van der Waals surface area (Å²) in [6.45, 7) is 5.46. The van der Waals surface area contributed by atoms with Crippen molar-refractivity contribution in [2.24, 2.45) is 0 Å². The molecule has 17 heavy (non-hydrogen) atoms. The summed E-state index contributed by atoms with van der Waals surface area (Å²) in [7, 11) is 0. The second-order valence-electron chi connectivity index (χ2n) is 4.93. The van der Waals surface area contributed by atoms with Gasteiger partial charge in [-0.15, -0.1) is 0 Å². The molecule has 0 aromatic heterocycles. The molecule has 0 bridgehead atoms. The van der Waals surface area contributed by atoms with Gasteiger partial charge in [0, 0.05) is 12.6 Å². The van der Waals surface area contributed by atoms with E-state index in [9.17, 15) is 9.59 Å². The molecule has 2 atom stereocenters. The lowest BCUT2D eigenvalue weighted by molar-refractivity contribution is -0.142. The highest BCUT2D eigenvalue weighted by molar-refractivity contribution is 5.85. The Morgan fingerprint density at radius 3 is 2.59 bits per heavy atom. The van der Waals surface area contributed by atoms with Crippen LogP contribution in [0.4, 0.5) is 4.79 Å². The first kappa shape index (κ1) is 13.8. The molecule has 0 aromatic rings. The first-order valence-electron chi connectivity index (χ1n) is 5.75. The van der Waals surface area contributed by atoms with Crippen LogP contribution in [0.1, 0.15) is 33.6 Å². The maximum Gasteiger partial charge on any atom is 0.328 e. The van der Waals surface area contributed by atoms with Gasteiger partial charge in [-0.3, -0.25) is 0 Å². The molecule has 1 saturated heterocycles. The Bertz CT molecular complexity index is 304. The molecule has 0 aromatic carbocycles. The predicted molar refractivity (Wildman–Crippen MR) is 61.8 cm³/mol. The van der Waals surface area contributed by atoms with Gasteiger partial charge in [-0.05, 0) is 33.6 Å². The fraction of sp³-hybridized carbons (Fsp3) is 0.818. The van der Waals surface area contributed by atoms with Gasteiger partial charge in [0.2, 0.25) is 0 Å².